The molecule has 1 unspecified atom stereocenters. The lowest BCUT2D eigenvalue weighted by atomic mass is 10.2. The van der Waals surface area contributed by atoms with Crippen molar-refractivity contribution < 1.29 is 0 Å². The largest absolute Gasteiger partial charge is 0.347 e. The molecule has 88 valence electrons. The van der Waals surface area contributed by atoms with Gasteiger partial charge in [-0.15, -0.1) is 0 Å². The van der Waals surface area contributed by atoms with E-state index in [4.69, 9.17) is 5.84 Å². The molecule has 1 heterocycles. The van der Waals surface area contributed by atoms with Gasteiger partial charge in [0.15, 0.2) is 0 Å². The van der Waals surface area contributed by atoms with Gasteiger partial charge in [0.1, 0.15) is 0 Å². The Morgan fingerprint density at radius 2 is 2.38 bits per heavy atom. The van der Waals surface area contributed by atoms with Crippen LogP contribution in [0.3, 0.4) is 0 Å². The number of nitrogens with zero attached hydrogens (tertiary/aromatic N) is 2. The zero-order valence-electron chi connectivity index (χ0n) is 9.77. The molecule has 0 fully saturated rings. The molecule has 4 N–H and O–H groups in total. The highest BCUT2D eigenvalue weighted by Gasteiger charge is 2.07. The summed E-state index contributed by atoms with van der Waals surface area (Å²) in [7, 11) is 0. The average Bonchev–Trinajstić information content (AvgIpc) is 2.35. The van der Waals surface area contributed by atoms with Crippen molar-refractivity contribution in [2.75, 3.05) is 6.54 Å². The number of nitrogens with two attached hydrogens (primary N) is 1. The third kappa shape index (κ3) is 3.86. The summed E-state index contributed by atoms with van der Waals surface area (Å²) in [5, 5.41) is 3.17. The van der Waals surface area contributed by atoms with Crippen molar-refractivity contribution in [3.05, 3.63) is 30.1 Å². The Labute approximate surface area is 96.1 Å². The SMILES string of the molecule is CCCN=C(NN)NC(C)c1ccccn1. The molecule has 0 spiro atoms. The first-order valence-electron chi connectivity index (χ1n) is 5.46. The van der Waals surface area contributed by atoms with E-state index in [2.05, 4.69) is 27.6 Å². The summed E-state index contributed by atoms with van der Waals surface area (Å²) >= 11 is 0. The van der Waals surface area contributed by atoms with Crippen LogP contribution in [-0.4, -0.2) is 17.5 Å². The van der Waals surface area contributed by atoms with Gasteiger partial charge in [-0.05, 0) is 25.5 Å². The molecule has 1 rings (SSSR count). The lowest BCUT2D eigenvalue weighted by molar-refractivity contribution is 0.667. The van der Waals surface area contributed by atoms with Crippen molar-refractivity contribution in [1.29, 1.82) is 0 Å². The lowest BCUT2D eigenvalue weighted by Gasteiger charge is -2.15. The van der Waals surface area contributed by atoms with E-state index < -0.39 is 0 Å². The van der Waals surface area contributed by atoms with E-state index in [1.54, 1.807) is 6.20 Å². The van der Waals surface area contributed by atoms with Gasteiger partial charge in [0, 0.05) is 12.7 Å². The summed E-state index contributed by atoms with van der Waals surface area (Å²) < 4.78 is 0. The Morgan fingerprint density at radius 3 is 2.94 bits per heavy atom. The molecule has 1 aromatic heterocycles. The Bertz CT molecular complexity index is 322. The van der Waals surface area contributed by atoms with Gasteiger partial charge in [-0.3, -0.25) is 15.4 Å². The summed E-state index contributed by atoms with van der Waals surface area (Å²) in [6.07, 6.45) is 2.76. The fourth-order valence-electron chi connectivity index (χ4n) is 1.27. The fraction of sp³-hybridized carbons (Fsp3) is 0.455. The Kier molecular flexibility index (Phi) is 5.28. The minimum Gasteiger partial charge on any atom is -0.347 e. The van der Waals surface area contributed by atoms with Crippen molar-refractivity contribution in [1.82, 2.24) is 15.7 Å². The number of hydrogen-bond donors (Lipinski definition) is 3. The molecule has 0 aliphatic rings. The minimum atomic E-state index is 0.0767. The maximum atomic E-state index is 5.38. The summed E-state index contributed by atoms with van der Waals surface area (Å²) in [5.74, 6) is 5.97. The Balaban J connectivity index is 2.59. The Morgan fingerprint density at radius 1 is 1.56 bits per heavy atom. The van der Waals surface area contributed by atoms with E-state index in [1.807, 2.05) is 25.1 Å². The zero-order chi connectivity index (χ0) is 11.8. The van der Waals surface area contributed by atoms with Crippen LogP contribution in [0, 0.1) is 0 Å². The minimum absolute atomic E-state index is 0.0767. The predicted molar refractivity (Wildman–Crippen MR) is 65.7 cm³/mol. The topological polar surface area (TPSA) is 75.3 Å². The molecule has 0 aromatic carbocycles. The van der Waals surface area contributed by atoms with E-state index in [0.717, 1.165) is 18.7 Å². The number of nitrogens with one attached hydrogen (secondary N) is 2. The number of rotatable bonds is 4. The van der Waals surface area contributed by atoms with Crippen molar-refractivity contribution in [3.63, 3.8) is 0 Å². The van der Waals surface area contributed by atoms with Gasteiger partial charge >= 0.3 is 0 Å². The van der Waals surface area contributed by atoms with E-state index in [-0.39, 0.29) is 6.04 Å². The predicted octanol–water partition coefficient (Wildman–Crippen LogP) is 0.961. The first kappa shape index (κ1) is 12.4. The molecule has 16 heavy (non-hydrogen) atoms. The lowest BCUT2D eigenvalue weighted by Crippen LogP contribution is -2.42. The smallest absolute Gasteiger partial charge is 0.206 e. The molecule has 1 atom stereocenters. The molecular weight excluding hydrogens is 202 g/mol. The third-order valence-corrected chi connectivity index (χ3v) is 2.11. The number of aliphatic imine (C=N–C) groups is 1. The van der Waals surface area contributed by atoms with Crippen molar-refractivity contribution >= 4 is 5.96 Å². The van der Waals surface area contributed by atoms with Crippen LogP contribution in [0.15, 0.2) is 29.4 Å². The van der Waals surface area contributed by atoms with Gasteiger partial charge in [-0.25, -0.2) is 5.84 Å². The van der Waals surface area contributed by atoms with Crippen LogP contribution in [0.5, 0.6) is 0 Å². The van der Waals surface area contributed by atoms with Crippen LogP contribution in [0.1, 0.15) is 32.0 Å². The molecule has 0 radical (unpaired) electrons. The average molecular weight is 221 g/mol. The molecule has 0 amide bonds. The van der Waals surface area contributed by atoms with Gasteiger partial charge in [-0.1, -0.05) is 13.0 Å². The van der Waals surface area contributed by atoms with Gasteiger partial charge in [-0.2, -0.15) is 0 Å². The first-order valence-corrected chi connectivity index (χ1v) is 5.46. The highest BCUT2D eigenvalue weighted by Crippen LogP contribution is 2.06. The molecule has 5 heteroatoms. The number of pyridine rings is 1. The van der Waals surface area contributed by atoms with Gasteiger partial charge in [0.05, 0.1) is 11.7 Å². The number of aromatic nitrogens is 1. The summed E-state index contributed by atoms with van der Waals surface area (Å²) in [5.41, 5.74) is 3.51. The molecule has 5 nitrogen and oxygen atoms in total. The number of guanidine groups is 1. The van der Waals surface area contributed by atoms with E-state index in [1.165, 1.54) is 0 Å². The standard InChI is InChI=1S/C11H19N5/c1-3-7-14-11(16-12)15-9(2)10-6-4-5-8-13-10/h4-6,8-9H,3,7,12H2,1-2H3,(H2,14,15,16). The maximum Gasteiger partial charge on any atom is 0.206 e. The molecule has 0 aliphatic carbocycles. The molecular formula is C11H19N5. The van der Waals surface area contributed by atoms with Gasteiger partial charge < -0.3 is 5.32 Å². The number of hydrogen-bond acceptors (Lipinski definition) is 3. The first-order chi connectivity index (χ1) is 7.77. The van der Waals surface area contributed by atoms with E-state index in [9.17, 15) is 0 Å². The summed E-state index contributed by atoms with van der Waals surface area (Å²) in [4.78, 5) is 8.53. The van der Waals surface area contributed by atoms with Gasteiger partial charge in [0.2, 0.25) is 5.96 Å². The monoisotopic (exact) mass is 221 g/mol. The molecule has 0 saturated heterocycles. The van der Waals surface area contributed by atoms with Crippen LogP contribution in [0.2, 0.25) is 0 Å². The van der Waals surface area contributed by atoms with Crippen LogP contribution in [0.25, 0.3) is 0 Å². The van der Waals surface area contributed by atoms with Crippen LogP contribution in [0.4, 0.5) is 0 Å². The highest BCUT2D eigenvalue weighted by molar-refractivity contribution is 5.79. The quantitative estimate of drug-likeness (QED) is 0.306. The third-order valence-electron chi connectivity index (χ3n) is 2.11. The highest BCUT2D eigenvalue weighted by atomic mass is 15.3. The molecule has 0 aliphatic heterocycles. The normalized spacial score (nSPS) is 13.3. The van der Waals surface area contributed by atoms with Crippen LogP contribution in [-0.2, 0) is 0 Å². The van der Waals surface area contributed by atoms with Crippen molar-refractivity contribution in [2.45, 2.75) is 26.3 Å². The summed E-state index contributed by atoms with van der Waals surface area (Å²) in [6, 6.07) is 5.89. The van der Waals surface area contributed by atoms with Gasteiger partial charge in [0.25, 0.3) is 0 Å². The number of hydrazine groups is 1. The van der Waals surface area contributed by atoms with Crippen LogP contribution < -0.4 is 16.6 Å². The second-order valence-electron chi connectivity index (χ2n) is 3.50. The second-order valence-corrected chi connectivity index (χ2v) is 3.50. The van der Waals surface area contributed by atoms with Crippen molar-refractivity contribution in [2.24, 2.45) is 10.8 Å². The fourth-order valence-corrected chi connectivity index (χ4v) is 1.27. The van der Waals surface area contributed by atoms with Crippen molar-refractivity contribution in [3.8, 4) is 0 Å². The Hall–Kier alpha value is -1.62. The zero-order valence-corrected chi connectivity index (χ0v) is 9.77. The molecule has 0 bridgehead atoms. The van der Waals surface area contributed by atoms with E-state index in [0.29, 0.717) is 5.96 Å². The van der Waals surface area contributed by atoms with Crippen LogP contribution >= 0.6 is 0 Å². The molecule has 0 saturated carbocycles. The summed E-state index contributed by atoms with van der Waals surface area (Å²) in [6.45, 7) is 4.84. The van der Waals surface area contributed by atoms with E-state index >= 15 is 0 Å². The molecule has 1 aromatic rings. The maximum absolute atomic E-state index is 5.38. The second kappa shape index (κ2) is 6.79.